The number of ether oxygens (including phenoxy) is 1. The monoisotopic (exact) mass is 419 g/mol. The molecular formula is C21H29N3O4S. The Kier molecular flexibility index (Phi) is 7.90. The minimum Gasteiger partial charge on any atom is -0.494 e. The molecule has 0 radical (unpaired) electrons. The first-order chi connectivity index (χ1) is 13.7. The van der Waals surface area contributed by atoms with Gasteiger partial charge in [0.1, 0.15) is 11.8 Å². The third-order valence-electron chi connectivity index (χ3n) is 4.43. The molecule has 2 aromatic carbocycles. The number of amides is 1. The van der Waals surface area contributed by atoms with Gasteiger partial charge in [-0.15, -0.1) is 0 Å². The van der Waals surface area contributed by atoms with Crippen molar-refractivity contribution in [3.8, 4) is 5.75 Å². The number of sulfonamides is 1. The number of nitrogens with zero attached hydrogens (tertiary/aromatic N) is 2. The van der Waals surface area contributed by atoms with Crippen LogP contribution in [-0.2, 0) is 14.8 Å². The molecule has 0 fully saturated rings. The van der Waals surface area contributed by atoms with Crippen LogP contribution in [0.4, 0.5) is 11.4 Å². The number of carbonyl (C=O) groups excluding carboxylic acids is 1. The number of benzene rings is 2. The maximum atomic E-state index is 12.6. The maximum Gasteiger partial charge on any atom is 0.243 e. The average molecular weight is 420 g/mol. The van der Waals surface area contributed by atoms with E-state index in [2.05, 4.69) is 5.32 Å². The highest BCUT2D eigenvalue weighted by Crippen LogP contribution is 2.24. The van der Waals surface area contributed by atoms with Gasteiger partial charge in [-0.05, 0) is 50.2 Å². The molecular weight excluding hydrogens is 390 g/mol. The lowest BCUT2D eigenvalue weighted by Crippen LogP contribution is -2.49. The lowest BCUT2D eigenvalue weighted by Gasteiger charge is -2.28. The van der Waals surface area contributed by atoms with Crippen molar-refractivity contribution >= 4 is 27.3 Å². The van der Waals surface area contributed by atoms with Crippen LogP contribution >= 0.6 is 0 Å². The normalized spacial score (nSPS) is 12.1. The summed E-state index contributed by atoms with van der Waals surface area (Å²) in [6.07, 6.45) is 1.09. The van der Waals surface area contributed by atoms with Gasteiger partial charge in [-0.2, -0.15) is 0 Å². The molecule has 0 aliphatic carbocycles. The fourth-order valence-electron chi connectivity index (χ4n) is 2.97. The molecule has 2 rings (SSSR count). The molecule has 1 N–H and O–H groups in total. The topological polar surface area (TPSA) is 79.0 Å². The predicted octanol–water partition coefficient (Wildman–Crippen LogP) is 2.49. The van der Waals surface area contributed by atoms with Crippen molar-refractivity contribution < 1.29 is 17.9 Å². The second kappa shape index (κ2) is 10.2. The third-order valence-corrected chi connectivity index (χ3v) is 5.68. The number of hydrogen-bond acceptors (Lipinski definition) is 5. The Morgan fingerprint density at radius 1 is 1.07 bits per heavy atom. The summed E-state index contributed by atoms with van der Waals surface area (Å²) in [5.41, 5.74) is 1.46. The molecule has 2 aromatic rings. The Hall–Kier alpha value is -2.74. The number of rotatable bonds is 10. The zero-order chi connectivity index (χ0) is 21.4. The largest absolute Gasteiger partial charge is 0.494 e. The van der Waals surface area contributed by atoms with Gasteiger partial charge < -0.3 is 15.0 Å². The van der Waals surface area contributed by atoms with Crippen LogP contribution in [0.5, 0.6) is 5.75 Å². The van der Waals surface area contributed by atoms with Gasteiger partial charge in [0, 0.05) is 25.8 Å². The number of carbonyl (C=O) groups is 1. The van der Waals surface area contributed by atoms with Gasteiger partial charge in [0.05, 0.1) is 18.6 Å². The molecule has 1 atom stereocenters. The summed E-state index contributed by atoms with van der Waals surface area (Å²) in [7, 11) is -1.71. The van der Waals surface area contributed by atoms with E-state index in [4.69, 9.17) is 4.74 Å². The summed E-state index contributed by atoms with van der Waals surface area (Å²) < 4.78 is 31.2. The number of hydrogen-bond donors (Lipinski definition) is 1. The first-order valence-electron chi connectivity index (χ1n) is 9.50. The van der Waals surface area contributed by atoms with E-state index in [-0.39, 0.29) is 5.91 Å². The minimum absolute atomic E-state index is 0.356. The van der Waals surface area contributed by atoms with Crippen molar-refractivity contribution in [2.24, 2.45) is 0 Å². The highest BCUT2D eigenvalue weighted by atomic mass is 32.2. The Morgan fingerprint density at radius 3 is 2.24 bits per heavy atom. The first kappa shape index (κ1) is 22.5. The summed E-state index contributed by atoms with van der Waals surface area (Å²) in [4.78, 5) is 14.7. The van der Waals surface area contributed by atoms with E-state index in [1.54, 1.807) is 31.2 Å². The van der Waals surface area contributed by atoms with Crippen molar-refractivity contribution in [1.29, 1.82) is 0 Å². The Morgan fingerprint density at radius 2 is 1.69 bits per heavy atom. The summed E-state index contributed by atoms with van der Waals surface area (Å²) >= 11 is 0. The second-order valence-corrected chi connectivity index (χ2v) is 8.57. The van der Waals surface area contributed by atoms with Gasteiger partial charge in [0.25, 0.3) is 0 Å². The van der Waals surface area contributed by atoms with Crippen LogP contribution in [0.25, 0.3) is 0 Å². The molecule has 0 aromatic heterocycles. The van der Waals surface area contributed by atoms with Gasteiger partial charge in [-0.25, -0.2) is 8.42 Å². The predicted molar refractivity (Wildman–Crippen MR) is 117 cm³/mol. The molecule has 0 spiro atoms. The second-order valence-electron chi connectivity index (χ2n) is 6.71. The zero-order valence-corrected chi connectivity index (χ0v) is 18.1. The van der Waals surface area contributed by atoms with Crippen LogP contribution in [0.15, 0.2) is 54.6 Å². The third kappa shape index (κ3) is 6.39. The highest BCUT2D eigenvalue weighted by molar-refractivity contribution is 7.92. The fourth-order valence-corrected chi connectivity index (χ4v) is 4.15. The quantitative estimate of drug-likeness (QED) is 0.640. The van der Waals surface area contributed by atoms with Crippen molar-refractivity contribution in [2.75, 3.05) is 42.2 Å². The van der Waals surface area contributed by atoms with Gasteiger partial charge in [-0.1, -0.05) is 18.2 Å². The maximum absolute atomic E-state index is 12.6. The summed E-state index contributed by atoms with van der Waals surface area (Å²) in [6, 6.07) is 15.6. The Labute approximate surface area is 173 Å². The molecule has 7 nitrogen and oxygen atoms in total. The van der Waals surface area contributed by atoms with Crippen molar-refractivity contribution in [2.45, 2.75) is 19.9 Å². The fraction of sp³-hybridized carbons (Fsp3) is 0.381. The molecule has 8 heteroatoms. The minimum atomic E-state index is -3.65. The van der Waals surface area contributed by atoms with Gasteiger partial charge in [0.2, 0.25) is 15.9 Å². The van der Waals surface area contributed by atoms with Crippen LogP contribution in [0.1, 0.15) is 13.8 Å². The van der Waals surface area contributed by atoms with Crippen LogP contribution in [-0.4, -0.2) is 53.4 Å². The van der Waals surface area contributed by atoms with E-state index in [9.17, 15) is 13.2 Å². The van der Waals surface area contributed by atoms with E-state index in [0.29, 0.717) is 31.1 Å². The summed E-state index contributed by atoms with van der Waals surface area (Å²) in [5, 5.41) is 2.83. The summed E-state index contributed by atoms with van der Waals surface area (Å²) in [5.74, 6) is 0.288. The highest BCUT2D eigenvalue weighted by Gasteiger charge is 2.29. The molecule has 0 unspecified atom stereocenters. The van der Waals surface area contributed by atoms with E-state index in [0.717, 1.165) is 16.2 Å². The van der Waals surface area contributed by atoms with Gasteiger partial charge in [0.15, 0.2) is 0 Å². The van der Waals surface area contributed by atoms with Gasteiger partial charge >= 0.3 is 0 Å². The van der Waals surface area contributed by atoms with Crippen LogP contribution in [0.2, 0.25) is 0 Å². The first-order valence-corrected chi connectivity index (χ1v) is 11.3. The van der Waals surface area contributed by atoms with E-state index >= 15 is 0 Å². The summed E-state index contributed by atoms with van der Waals surface area (Å²) in [6.45, 7) is 4.97. The molecule has 0 saturated heterocycles. The molecule has 0 aliphatic rings. The molecule has 158 valence electrons. The van der Waals surface area contributed by atoms with E-state index < -0.39 is 16.1 Å². The van der Waals surface area contributed by atoms with E-state index in [1.165, 1.54) is 0 Å². The molecule has 0 bridgehead atoms. The van der Waals surface area contributed by atoms with Crippen molar-refractivity contribution in [3.05, 3.63) is 54.6 Å². The molecule has 0 heterocycles. The molecule has 29 heavy (non-hydrogen) atoms. The van der Waals surface area contributed by atoms with Crippen LogP contribution in [0.3, 0.4) is 0 Å². The lowest BCUT2D eigenvalue weighted by molar-refractivity contribution is -0.121. The van der Waals surface area contributed by atoms with Crippen molar-refractivity contribution in [3.63, 3.8) is 0 Å². The van der Waals surface area contributed by atoms with E-state index in [1.807, 2.05) is 49.2 Å². The van der Waals surface area contributed by atoms with Gasteiger partial charge in [-0.3, -0.25) is 9.10 Å². The lowest BCUT2D eigenvalue weighted by atomic mass is 10.2. The Bertz CT molecular complexity index is 886. The zero-order valence-electron chi connectivity index (χ0n) is 17.3. The van der Waals surface area contributed by atoms with Crippen LogP contribution in [0, 0.1) is 0 Å². The number of likely N-dealkylation sites (N-methyl/N-ethyl adjacent to an activating group) is 1. The number of nitrogens with one attached hydrogen (secondary N) is 1. The SMILES string of the molecule is CCOc1ccc(N([C@H](C)C(=O)NCCN(C)c2ccccc2)S(C)(=O)=O)cc1. The smallest absolute Gasteiger partial charge is 0.243 e. The number of para-hydroxylation sites is 1. The molecule has 1 amide bonds. The molecule has 0 saturated carbocycles. The standard InChI is InChI=1S/C21H29N3O4S/c1-5-28-20-13-11-19(12-14-20)24(29(4,26)27)17(2)21(25)22-15-16-23(3)18-9-7-6-8-10-18/h6-14,17H,5,15-16H2,1-4H3,(H,22,25)/t17-/m1/s1. The van der Waals surface area contributed by atoms with Crippen LogP contribution < -0.4 is 19.3 Å². The average Bonchev–Trinajstić information content (AvgIpc) is 2.69. The Balaban J connectivity index is 2.03. The number of anilines is 2. The van der Waals surface area contributed by atoms with Crippen molar-refractivity contribution in [1.82, 2.24) is 5.32 Å². The molecule has 0 aliphatic heterocycles.